The maximum Gasteiger partial charge on any atom is 0.325 e. The number of amides is 3. The SMILES string of the molecule is COC(=O)CN/C=C(\N)CN1CC(=O)N2CC(=O)N(Cc3cccc4ncccc34)CC2N1C=O. The second-order valence-electron chi connectivity index (χ2n) is 8.25. The predicted molar refractivity (Wildman–Crippen MR) is 124 cm³/mol. The zero-order chi connectivity index (χ0) is 24.9. The molecule has 1 atom stereocenters. The minimum atomic E-state index is -0.657. The molecule has 2 aliphatic heterocycles. The van der Waals surface area contributed by atoms with Gasteiger partial charge in [0.2, 0.25) is 18.2 Å². The van der Waals surface area contributed by atoms with Crippen molar-refractivity contribution in [1.29, 1.82) is 0 Å². The Labute approximate surface area is 201 Å². The Balaban J connectivity index is 1.49. The van der Waals surface area contributed by atoms with Gasteiger partial charge in [-0.25, -0.2) is 5.01 Å². The van der Waals surface area contributed by atoms with Crippen LogP contribution in [0.5, 0.6) is 0 Å². The number of hydrogen-bond acceptors (Lipinski definition) is 9. The molecule has 0 radical (unpaired) electrons. The van der Waals surface area contributed by atoms with Crippen LogP contribution in [0.2, 0.25) is 0 Å². The zero-order valence-corrected chi connectivity index (χ0v) is 19.3. The second-order valence-corrected chi connectivity index (χ2v) is 8.25. The van der Waals surface area contributed by atoms with Gasteiger partial charge in [0, 0.05) is 30.0 Å². The second kappa shape index (κ2) is 10.4. The van der Waals surface area contributed by atoms with Crippen LogP contribution in [0.4, 0.5) is 0 Å². The van der Waals surface area contributed by atoms with E-state index in [0.29, 0.717) is 18.7 Å². The lowest BCUT2D eigenvalue weighted by Crippen LogP contribution is -2.71. The third-order valence-corrected chi connectivity index (χ3v) is 6.00. The fourth-order valence-corrected chi connectivity index (χ4v) is 4.28. The molecule has 1 aromatic heterocycles. The number of rotatable bonds is 8. The number of carbonyl (C=O) groups is 4. The number of nitrogens with zero attached hydrogens (tertiary/aromatic N) is 5. The molecule has 0 saturated carbocycles. The van der Waals surface area contributed by atoms with Gasteiger partial charge in [-0.3, -0.25) is 29.2 Å². The summed E-state index contributed by atoms with van der Waals surface area (Å²) < 4.78 is 4.55. The summed E-state index contributed by atoms with van der Waals surface area (Å²) in [6.07, 6.45) is 3.12. The van der Waals surface area contributed by atoms with Gasteiger partial charge in [0.15, 0.2) is 0 Å². The van der Waals surface area contributed by atoms with Crippen LogP contribution in [0.3, 0.4) is 0 Å². The Hall–Kier alpha value is -4.19. The molecule has 3 amide bonds. The molecule has 1 unspecified atom stereocenters. The van der Waals surface area contributed by atoms with E-state index in [2.05, 4.69) is 15.0 Å². The Kier molecular flexibility index (Phi) is 7.11. The molecule has 0 bridgehead atoms. The van der Waals surface area contributed by atoms with Crippen molar-refractivity contribution in [1.82, 2.24) is 30.1 Å². The van der Waals surface area contributed by atoms with Crippen molar-refractivity contribution in [2.75, 3.05) is 39.8 Å². The van der Waals surface area contributed by atoms with E-state index < -0.39 is 12.1 Å². The summed E-state index contributed by atoms with van der Waals surface area (Å²) in [4.78, 5) is 56.5. The summed E-state index contributed by atoms with van der Waals surface area (Å²) in [5, 5.41) is 6.59. The number of piperazine rings is 1. The molecule has 1 aromatic carbocycles. The highest BCUT2D eigenvalue weighted by Crippen LogP contribution is 2.24. The summed E-state index contributed by atoms with van der Waals surface area (Å²) >= 11 is 0. The maximum absolute atomic E-state index is 12.9. The fraction of sp³-hybridized carbons (Fsp3) is 0.348. The zero-order valence-electron chi connectivity index (χ0n) is 19.3. The highest BCUT2D eigenvalue weighted by atomic mass is 16.5. The number of hydrazine groups is 1. The Morgan fingerprint density at radius 3 is 2.83 bits per heavy atom. The van der Waals surface area contributed by atoms with Gasteiger partial charge in [0.05, 0.1) is 32.3 Å². The average molecular weight is 482 g/mol. The minimum absolute atomic E-state index is 0.0648. The monoisotopic (exact) mass is 481 g/mol. The molecular weight excluding hydrogens is 454 g/mol. The molecule has 0 spiro atoms. The number of aromatic nitrogens is 1. The fourth-order valence-electron chi connectivity index (χ4n) is 4.28. The molecule has 2 fully saturated rings. The number of nitrogens with one attached hydrogen (secondary N) is 1. The van der Waals surface area contributed by atoms with Crippen LogP contribution >= 0.6 is 0 Å². The molecule has 3 heterocycles. The van der Waals surface area contributed by atoms with Gasteiger partial charge in [-0.1, -0.05) is 18.2 Å². The smallest absolute Gasteiger partial charge is 0.325 e. The molecular formula is C23H27N7O5. The van der Waals surface area contributed by atoms with E-state index in [1.54, 1.807) is 11.1 Å². The molecule has 12 heteroatoms. The molecule has 12 nitrogen and oxygen atoms in total. The van der Waals surface area contributed by atoms with Crippen molar-refractivity contribution >= 4 is 35.1 Å². The molecule has 184 valence electrons. The van der Waals surface area contributed by atoms with Crippen LogP contribution < -0.4 is 11.1 Å². The van der Waals surface area contributed by atoms with Crippen molar-refractivity contribution in [3.8, 4) is 0 Å². The standard InChI is InChI=1S/C23H27N7O5/c1-35-23(34)9-25-8-17(24)11-28-13-22(33)29-14-21(32)27(12-20(29)30(28)15-31)10-16-4-2-6-19-18(16)5-3-7-26-19/h2-8,15,20,25H,9-14,24H2,1H3/b17-8-. The molecule has 2 saturated heterocycles. The summed E-state index contributed by atoms with van der Waals surface area (Å²) in [7, 11) is 1.28. The van der Waals surface area contributed by atoms with Crippen LogP contribution in [-0.2, 0) is 30.5 Å². The first-order valence-electron chi connectivity index (χ1n) is 11.0. The summed E-state index contributed by atoms with van der Waals surface area (Å²) in [5.41, 5.74) is 8.10. The first-order valence-corrected chi connectivity index (χ1v) is 11.0. The number of fused-ring (bicyclic) bond motifs is 2. The molecule has 0 aliphatic carbocycles. The summed E-state index contributed by atoms with van der Waals surface area (Å²) in [6.45, 7) is 0.267. The topological polar surface area (TPSA) is 141 Å². The number of nitrogens with two attached hydrogens (primary N) is 1. The van der Waals surface area contributed by atoms with Crippen molar-refractivity contribution in [2.24, 2.45) is 5.73 Å². The van der Waals surface area contributed by atoms with E-state index in [1.807, 2.05) is 30.3 Å². The van der Waals surface area contributed by atoms with Crippen LogP contribution in [0, 0.1) is 0 Å². The van der Waals surface area contributed by atoms with Gasteiger partial charge < -0.3 is 25.6 Å². The van der Waals surface area contributed by atoms with E-state index in [1.165, 1.54) is 28.2 Å². The number of carbonyl (C=O) groups excluding carboxylic acids is 4. The third-order valence-electron chi connectivity index (χ3n) is 6.00. The molecule has 2 aliphatic rings. The first-order chi connectivity index (χ1) is 16.9. The highest BCUT2D eigenvalue weighted by molar-refractivity contribution is 5.89. The van der Waals surface area contributed by atoms with Crippen molar-refractivity contribution in [2.45, 2.75) is 12.7 Å². The van der Waals surface area contributed by atoms with Gasteiger partial charge in [-0.05, 0) is 17.7 Å². The summed E-state index contributed by atoms with van der Waals surface area (Å²) in [6, 6.07) is 9.52. The van der Waals surface area contributed by atoms with Crippen LogP contribution in [0.15, 0.2) is 48.4 Å². The van der Waals surface area contributed by atoms with E-state index >= 15 is 0 Å². The minimum Gasteiger partial charge on any atom is -0.468 e. The van der Waals surface area contributed by atoms with E-state index in [0.717, 1.165) is 16.5 Å². The maximum atomic E-state index is 12.9. The van der Waals surface area contributed by atoms with Crippen LogP contribution in [-0.4, -0.2) is 95.0 Å². The largest absolute Gasteiger partial charge is 0.468 e. The lowest BCUT2D eigenvalue weighted by molar-refractivity contribution is -0.192. The number of benzene rings is 1. The van der Waals surface area contributed by atoms with Crippen LogP contribution in [0.25, 0.3) is 10.9 Å². The number of methoxy groups -OCH3 is 1. The Bertz CT molecular complexity index is 1160. The van der Waals surface area contributed by atoms with Crippen LogP contribution in [0.1, 0.15) is 5.56 Å². The lowest BCUT2D eigenvalue weighted by atomic mass is 10.1. The number of ether oxygens (including phenoxy) is 1. The van der Waals surface area contributed by atoms with Gasteiger partial charge in [0.1, 0.15) is 19.3 Å². The van der Waals surface area contributed by atoms with E-state index in [4.69, 9.17) is 5.73 Å². The Morgan fingerprint density at radius 2 is 2.06 bits per heavy atom. The van der Waals surface area contributed by atoms with E-state index in [9.17, 15) is 19.2 Å². The molecule has 35 heavy (non-hydrogen) atoms. The third kappa shape index (κ3) is 5.17. The molecule has 2 aromatic rings. The number of pyridine rings is 1. The molecule has 4 rings (SSSR count). The van der Waals surface area contributed by atoms with Crippen molar-refractivity contribution < 1.29 is 23.9 Å². The van der Waals surface area contributed by atoms with Gasteiger partial charge in [-0.15, -0.1) is 0 Å². The lowest BCUT2D eigenvalue weighted by Gasteiger charge is -2.51. The predicted octanol–water partition coefficient (Wildman–Crippen LogP) is -1.02. The number of hydrogen-bond donors (Lipinski definition) is 2. The number of esters is 1. The van der Waals surface area contributed by atoms with Gasteiger partial charge >= 0.3 is 5.97 Å². The average Bonchev–Trinajstić information content (AvgIpc) is 2.85. The molecule has 3 N–H and O–H groups in total. The highest BCUT2D eigenvalue weighted by Gasteiger charge is 2.44. The van der Waals surface area contributed by atoms with Gasteiger partial charge in [-0.2, -0.15) is 0 Å². The normalized spacial score (nSPS) is 19.1. The first kappa shape index (κ1) is 24.0. The van der Waals surface area contributed by atoms with Crippen molar-refractivity contribution in [3.05, 3.63) is 54.0 Å². The summed E-state index contributed by atoms with van der Waals surface area (Å²) in [5.74, 6) is -0.923. The Morgan fingerprint density at radius 1 is 1.23 bits per heavy atom. The van der Waals surface area contributed by atoms with Gasteiger partial charge in [0.25, 0.3) is 0 Å². The van der Waals surface area contributed by atoms with E-state index in [-0.39, 0.29) is 44.5 Å². The quantitative estimate of drug-likeness (QED) is 0.358. The van der Waals surface area contributed by atoms with Crippen molar-refractivity contribution in [3.63, 3.8) is 0 Å².